The summed E-state index contributed by atoms with van der Waals surface area (Å²) in [5, 5.41) is 0. The van der Waals surface area contributed by atoms with E-state index in [1.54, 1.807) is 0 Å². The van der Waals surface area contributed by atoms with Gasteiger partial charge in [0.2, 0.25) is 0 Å². The van der Waals surface area contributed by atoms with Gasteiger partial charge in [0.15, 0.2) is 0 Å². The normalized spacial score (nSPS) is 15.8. The van der Waals surface area contributed by atoms with Crippen LogP contribution in [0.3, 0.4) is 0 Å². The van der Waals surface area contributed by atoms with Crippen LogP contribution in [0, 0.1) is 0 Å². The summed E-state index contributed by atoms with van der Waals surface area (Å²) in [4.78, 5) is 12.4. The number of nitrogens with one attached hydrogen (secondary N) is 1. The molecule has 0 bridgehead atoms. The number of H-pyrrole nitrogens is 1. The molecule has 1 saturated carbocycles. The molecule has 1 N–H and O–H groups in total. The summed E-state index contributed by atoms with van der Waals surface area (Å²) in [6.45, 7) is 0. The van der Waals surface area contributed by atoms with Crippen LogP contribution in [0.4, 0.5) is 5.69 Å². The number of hydrogen-bond donors (Lipinski definition) is 1. The van der Waals surface area contributed by atoms with E-state index < -0.39 is 0 Å². The molecular formula is C18H21Cl2FeN3. The number of aromatic nitrogens is 1. The molecule has 6 heteroatoms. The Bertz CT molecular complexity index is 635. The Morgan fingerprint density at radius 2 is 1.54 bits per heavy atom. The molecular weight excluding hydrogens is 385 g/mol. The first-order valence-corrected chi connectivity index (χ1v) is 11.0. The van der Waals surface area contributed by atoms with Gasteiger partial charge in [0.1, 0.15) is 0 Å². The third kappa shape index (κ3) is 7.23. The molecule has 1 fully saturated rings. The predicted molar refractivity (Wildman–Crippen MR) is 101 cm³/mol. The molecule has 1 aliphatic carbocycles. The minimum absolute atomic E-state index is 0.194. The Labute approximate surface area is 158 Å². The van der Waals surface area contributed by atoms with E-state index in [2.05, 4.69) is 21.0 Å². The number of rotatable bonds is 4. The molecule has 1 aromatic heterocycles. The van der Waals surface area contributed by atoms with Crippen LogP contribution in [0.5, 0.6) is 0 Å². The second kappa shape index (κ2) is 11.5. The van der Waals surface area contributed by atoms with Crippen molar-refractivity contribution in [2.45, 2.75) is 38.1 Å². The second-order valence-corrected chi connectivity index (χ2v) is 7.41. The Kier molecular flexibility index (Phi) is 9.22. The quantitative estimate of drug-likeness (QED) is 0.486. The molecule has 0 atom stereocenters. The first-order chi connectivity index (χ1) is 11.8. The first-order valence-electron chi connectivity index (χ1n) is 7.98. The fourth-order valence-electron chi connectivity index (χ4n) is 2.65. The summed E-state index contributed by atoms with van der Waals surface area (Å²) in [7, 11) is 9.53. The average molecular weight is 406 g/mol. The molecule has 0 unspecified atom stereocenters. The molecule has 3 rings (SSSR count). The van der Waals surface area contributed by atoms with Gasteiger partial charge in [-0.25, -0.2) is 0 Å². The third-order valence-corrected chi connectivity index (χ3v) is 3.84. The van der Waals surface area contributed by atoms with Crippen LogP contribution in [0.25, 0.3) is 0 Å². The number of aromatic amines is 1. The summed E-state index contributed by atoms with van der Waals surface area (Å²) < 4.78 is 0. The van der Waals surface area contributed by atoms with E-state index in [4.69, 9.17) is 20.2 Å². The van der Waals surface area contributed by atoms with Gasteiger partial charge in [-0.05, 0) is 37.1 Å². The molecule has 1 aromatic carbocycles. The molecule has 130 valence electrons. The van der Waals surface area contributed by atoms with Crippen molar-refractivity contribution in [1.82, 2.24) is 4.98 Å². The zero-order valence-corrected chi connectivity index (χ0v) is 15.9. The molecule has 0 saturated heterocycles. The molecule has 0 radical (unpaired) electrons. The fourth-order valence-corrected chi connectivity index (χ4v) is 2.65. The SMILES string of the molecule is C(=Nc1ccccc1)c1ccc(C=NC2CCCCC2)[nH]1.[Cl][Fe][Cl]. The number of nitrogens with zero attached hydrogens (tertiary/aromatic N) is 2. The van der Waals surface area contributed by atoms with Gasteiger partial charge in [-0.1, -0.05) is 37.5 Å². The van der Waals surface area contributed by atoms with E-state index in [0.29, 0.717) is 6.04 Å². The van der Waals surface area contributed by atoms with E-state index in [1.165, 1.54) is 32.1 Å². The molecule has 3 nitrogen and oxygen atoms in total. The van der Waals surface area contributed by atoms with E-state index in [-0.39, 0.29) is 13.1 Å². The van der Waals surface area contributed by atoms with Gasteiger partial charge >= 0.3 is 33.3 Å². The van der Waals surface area contributed by atoms with Crippen LogP contribution in [0.15, 0.2) is 52.4 Å². The van der Waals surface area contributed by atoms with Crippen LogP contribution < -0.4 is 0 Å². The van der Waals surface area contributed by atoms with Gasteiger partial charge in [0.25, 0.3) is 0 Å². The summed E-state index contributed by atoms with van der Waals surface area (Å²) in [5.74, 6) is 0. The summed E-state index contributed by atoms with van der Waals surface area (Å²) in [6, 6.07) is 14.6. The fraction of sp³-hybridized carbons (Fsp3) is 0.333. The van der Waals surface area contributed by atoms with Crippen LogP contribution in [-0.2, 0) is 13.1 Å². The van der Waals surface area contributed by atoms with Gasteiger partial charge < -0.3 is 4.98 Å². The van der Waals surface area contributed by atoms with E-state index in [0.717, 1.165) is 17.1 Å². The van der Waals surface area contributed by atoms with Crippen LogP contribution in [0.1, 0.15) is 43.5 Å². The Morgan fingerprint density at radius 1 is 0.917 bits per heavy atom. The average Bonchev–Trinajstić information content (AvgIpc) is 3.09. The number of hydrogen-bond acceptors (Lipinski definition) is 2. The first kappa shape index (κ1) is 19.3. The molecule has 1 aliphatic rings. The second-order valence-electron chi connectivity index (χ2n) is 5.58. The zero-order chi connectivity index (χ0) is 17.0. The van der Waals surface area contributed by atoms with E-state index in [1.807, 2.05) is 48.8 Å². The van der Waals surface area contributed by atoms with Crippen molar-refractivity contribution in [3.63, 3.8) is 0 Å². The van der Waals surface area contributed by atoms with Crippen LogP contribution >= 0.6 is 20.2 Å². The maximum absolute atomic E-state index is 4.76. The van der Waals surface area contributed by atoms with Crippen molar-refractivity contribution in [3.05, 3.63) is 53.9 Å². The molecule has 0 aliphatic heterocycles. The topological polar surface area (TPSA) is 40.5 Å². The molecule has 1 heterocycles. The van der Waals surface area contributed by atoms with E-state index in [9.17, 15) is 0 Å². The van der Waals surface area contributed by atoms with Gasteiger partial charge in [-0.15, -0.1) is 0 Å². The van der Waals surface area contributed by atoms with Crippen molar-refractivity contribution >= 4 is 38.3 Å². The molecule has 2 aromatic rings. The predicted octanol–water partition coefficient (Wildman–Crippen LogP) is 5.89. The van der Waals surface area contributed by atoms with Crippen LogP contribution in [-0.4, -0.2) is 23.5 Å². The van der Waals surface area contributed by atoms with Gasteiger partial charge in [0.05, 0.1) is 29.3 Å². The number of halogens is 2. The van der Waals surface area contributed by atoms with Gasteiger partial charge in [0, 0.05) is 6.21 Å². The van der Waals surface area contributed by atoms with Crippen molar-refractivity contribution in [1.29, 1.82) is 0 Å². The van der Waals surface area contributed by atoms with Gasteiger partial charge in [-0.3, -0.25) is 9.98 Å². The van der Waals surface area contributed by atoms with Crippen molar-refractivity contribution in [2.75, 3.05) is 0 Å². The molecule has 0 amide bonds. The summed E-state index contributed by atoms with van der Waals surface area (Å²) in [6.07, 6.45) is 10.3. The Hall–Kier alpha value is -1.06. The van der Waals surface area contributed by atoms with E-state index >= 15 is 0 Å². The Morgan fingerprint density at radius 3 is 2.21 bits per heavy atom. The zero-order valence-electron chi connectivity index (χ0n) is 13.3. The summed E-state index contributed by atoms with van der Waals surface area (Å²) >= 11 is 0.194. The number of benzene rings is 1. The molecule has 24 heavy (non-hydrogen) atoms. The monoisotopic (exact) mass is 405 g/mol. The van der Waals surface area contributed by atoms with Crippen molar-refractivity contribution < 1.29 is 13.1 Å². The number of aliphatic imine (C=N–C) groups is 2. The third-order valence-electron chi connectivity index (χ3n) is 3.84. The van der Waals surface area contributed by atoms with Crippen LogP contribution in [0.2, 0.25) is 0 Å². The minimum atomic E-state index is 0.194. The Balaban J connectivity index is 0.000000647. The number of para-hydroxylation sites is 1. The molecule has 0 spiro atoms. The van der Waals surface area contributed by atoms with Crippen molar-refractivity contribution in [3.8, 4) is 0 Å². The summed E-state index contributed by atoms with van der Waals surface area (Å²) in [5.41, 5.74) is 3.02. The standard InChI is InChI=1S/C18H21N3.2ClH.Fe/c1-3-7-15(8-4-1)19-13-17-11-12-18(21-17)14-20-16-9-5-2-6-10-16;;;/h1,3-4,7-8,11-14,16,21H,2,5-6,9-10H2;2*1H;/q;;;+2/p-2. The van der Waals surface area contributed by atoms with Crippen molar-refractivity contribution in [2.24, 2.45) is 9.98 Å². The van der Waals surface area contributed by atoms with Gasteiger partial charge in [-0.2, -0.15) is 0 Å². The maximum atomic E-state index is 4.76.